The Bertz CT molecular complexity index is 506. The molecule has 4 nitrogen and oxygen atoms in total. The van der Waals surface area contributed by atoms with E-state index in [0.717, 1.165) is 17.3 Å². The number of carbonyl (C=O) groups excluding carboxylic acids is 1. The summed E-state index contributed by atoms with van der Waals surface area (Å²) < 4.78 is 6.49. The van der Waals surface area contributed by atoms with Crippen LogP contribution in [-0.4, -0.2) is 23.7 Å². The molecule has 0 spiro atoms. The maximum Gasteiger partial charge on any atom is 0.261 e. The molecule has 0 aliphatic heterocycles. The van der Waals surface area contributed by atoms with Crippen LogP contribution in [0.5, 0.6) is 5.75 Å². The lowest BCUT2D eigenvalue weighted by Crippen LogP contribution is -2.42. The Morgan fingerprint density at radius 1 is 1.43 bits per heavy atom. The fourth-order valence-electron chi connectivity index (χ4n) is 1.60. The lowest BCUT2D eigenvalue weighted by atomic mass is 10.2. The molecule has 1 rings (SSSR count). The van der Waals surface area contributed by atoms with Crippen LogP contribution in [0.1, 0.15) is 44.0 Å². The quantitative estimate of drug-likeness (QED) is 0.591. The van der Waals surface area contributed by atoms with Gasteiger partial charge in [-0.15, -0.1) is 0 Å². The van der Waals surface area contributed by atoms with E-state index in [0.29, 0.717) is 23.0 Å². The largest absolute Gasteiger partial charge is 0.493 e. The third-order valence-corrected chi connectivity index (χ3v) is 3.30. The van der Waals surface area contributed by atoms with Gasteiger partial charge >= 0.3 is 0 Å². The van der Waals surface area contributed by atoms with Gasteiger partial charge in [0, 0.05) is 10.5 Å². The number of hydrogen-bond acceptors (Lipinski definition) is 3. The van der Waals surface area contributed by atoms with Crippen LogP contribution in [0.15, 0.2) is 22.7 Å². The molecule has 1 aromatic carbocycles. The van der Waals surface area contributed by atoms with Gasteiger partial charge in [-0.3, -0.25) is 10.1 Å². The highest BCUT2D eigenvalue weighted by atomic mass is 79.9. The third kappa shape index (κ3) is 6.44. The molecule has 2 N–H and O–H groups in total. The number of carbonyl (C=O) groups is 1. The predicted octanol–water partition coefficient (Wildman–Crippen LogP) is 3.64. The number of rotatable bonds is 6. The number of thiocarbonyl (C=S) groups is 1. The predicted molar refractivity (Wildman–Crippen MR) is 92.9 cm³/mol. The number of ether oxygens (including phenoxy) is 1. The molecule has 1 amide bonds. The molecule has 21 heavy (non-hydrogen) atoms. The minimum atomic E-state index is -0.277. The van der Waals surface area contributed by atoms with Crippen molar-refractivity contribution in [1.29, 1.82) is 0 Å². The van der Waals surface area contributed by atoms with Crippen molar-refractivity contribution in [3.8, 4) is 5.75 Å². The Labute approximate surface area is 139 Å². The van der Waals surface area contributed by atoms with Crippen molar-refractivity contribution in [3.05, 3.63) is 28.2 Å². The molecule has 116 valence electrons. The van der Waals surface area contributed by atoms with Crippen molar-refractivity contribution in [1.82, 2.24) is 10.6 Å². The first-order valence-corrected chi connectivity index (χ1v) is 8.18. The van der Waals surface area contributed by atoms with E-state index in [1.54, 1.807) is 12.1 Å². The molecule has 0 aliphatic rings. The van der Waals surface area contributed by atoms with E-state index in [4.69, 9.17) is 17.0 Å². The lowest BCUT2D eigenvalue weighted by Gasteiger charge is -2.14. The second-order valence-corrected chi connectivity index (χ2v) is 6.25. The van der Waals surface area contributed by atoms with Gasteiger partial charge in [0.05, 0.1) is 12.2 Å². The summed E-state index contributed by atoms with van der Waals surface area (Å²) in [6, 6.07) is 5.53. The molecule has 0 saturated carbocycles. The average Bonchev–Trinajstić information content (AvgIpc) is 2.39. The highest BCUT2D eigenvalue weighted by Crippen LogP contribution is 2.23. The van der Waals surface area contributed by atoms with Crippen molar-refractivity contribution in [2.45, 2.75) is 39.7 Å². The van der Waals surface area contributed by atoms with Gasteiger partial charge < -0.3 is 10.1 Å². The zero-order chi connectivity index (χ0) is 15.8. The first-order chi connectivity index (χ1) is 9.93. The summed E-state index contributed by atoms with van der Waals surface area (Å²) in [5.41, 5.74) is 0.466. The van der Waals surface area contributed by atoms with E-state index in [1.165, 1.54) is 0 Å². The number of benzene rings is 1. The highest BCUT2D eigenvalue weighted by molar-refractivity contribution is 9.10. The average molecular weight is 373 g/mol. The molecule has 0 aromatic heterocycles. The van der Waals surface area contributed by atoms with Crippen molar-refractivity contribution >= 4 is 39.2 Å². The number of hydrogen-bond donors (Lipinski definition) is 2. The fourth-order valence-corrected chi connectivity index (χ4v) is 2.29. The van der Waals surface area contributed by atoms with E-state index >= 15 is 0 Å². The van der Waals surface area contributed by atoms with Crippen LogP contribution in [0, 0.1) is 0 Å². The summed E-state index contributed by atoms with van der Waals surface area (Å²) in [5.74, 6) is 0.289. The highest BCUT2D eigenvalue weighted by Gasteiger charge is 2.15. The minimum Gasteiger partial charge on any atom is -0.493 e. The van der Waals surface area contributed by atoms with Crippen LogP contribution >= 0.6 is 28.1 Å². The smallest absolute Gasteiger partial charge is 0.261 e. The Hall–Kier alpha value is -1.14. The van der Waals surface area contributed by atoms with Gasteiger partial charge in [0.1, 0.15) is 5.75 Å². The van der Waals surface area contributed by atoms with Crippen LogP contribution in [0.2, 0.25) is 0 Å². The van der Waals surface area contributed by atoms with Gasteiger partial charge in [-0.25, -0.2) is 0 Å². The normalized spacial score (nSPS) is 10.3. The number of nitrogens with one attached hydrogen (secondary N) is 2. The molecule has 0 heterocycles. The van der Waals surface area contributed by atoms with Crippen LogP contribution < -0.4 is 15.4 Å². The Morgan fingerprint density at radius 3 is 2.76 bits per heavy atom. The van der Waals surface area contributed by atoms with Crippen molar-refractivity contribution in [2.24, 2.45) is 0 Å². The monoisotopic (exact) mass is 372 g/mol. The Morgan fingerprint density at radius 2 is 2.14 bits per heavy atom. The summed E-state index contributed by atoms with van der Waals surface area (Å²) in [5, 5.41) is 5.96. The van der Waals surface area contributed by atoms with E-state index in [9.17, 15) is 4.79 Å². The maximum absolute atomic E-state index is 12.3. The van der Waals surface area contributed by atoms with E-state index in [1.807, 2.05) is 19.9 Å². The molecule has 0 bridgehead atoms. The van der Waals surface area contributed by atoms with Gasteiger partial charge in [-0.1, -0.05) is 29.3 Å². The van der Waals surface area contributed by atoms with Gasteiger partial charge in [-0.05, 0) is 50.7 Å². The van der Waals surface area contributed by atoms with Gasteiger partial charge in [0.2, 0.25) is 0 Å². The SMILES string of the molecule is CCCCOc1ccc(Br)cc1C(=O)NC(=S)NC(C)C. The molecular formula is C15H21BrN2O2S. The van der Waals surface area contributed by atoms with Gasteiger partial charge in [0.25, 0.3) is 5.91 Å². The summed E-state index contributed by atoms with van der Waals surface area (Å²) in [7, 11) is 0. The molecule has 0 aliphatic carbocycles. The molecule has 0 unspecified atom stereocenters. The second kappa shape index (κ2) is 9.00. The summed E-state index contributed by atoms with van der Waals surface area (Å²) in [4.78, 5) is 12.3. The molecule has 0 radical (unpaired) electrons. The maximum atomic E-state index is 12.3. The molecule has 0 saturated heterocycles. The molecular weight excluding hydrogens is 352 g/mol. The summed E-state index contributed by atoms with van der Waals surface area (Å²) >= 11 is 8.46. The zero-order valence-electron chi connectivity index (χ0n) is 12.5. The Kier molecular flexibility index (Phi) is 7.67. The zero-order valence-corrected chi connectivity index (χ0v) is 14.9. The topological polar surface area (TPSA) is 50.4 Å². The van der Waals surface area contributed by atoms with Crippen molar-refractivity contribution in [3.63, 3.8) is 0 Å². The first kappa shape index (κ1) is 17.9. The fraction of sp³-hybridized carbons (Fsp3) is 0.467. The van der Waals surface area contributed by atoms with Crippen LogP contribution in [0.3, 0.4) is 0 Å². The number of amides is 1. The summed E-state index contributed by atoms with van der Waals surface area (Å²) in [6.45, 7) is 6.59. The van der Waals surface area contributed by atoms with Crippen LogP contribution in [0.25, 0.3) is 0 Å². The molecule has 1 aromatic rings. The first-order valence-electron chi connectivity index (χ1n) is 6.98. The molecule has 0 atom stereocenters. The number of halogens is 1. The standard InChI is InChI=1S/C15H21BrN2O2S/c1-4-5-8-20-13-7-6-11(16)9-12(13)14(19)18-15(21)17-10(2)3/h6-7,9-10H,4-5,8H2,1-3H3,(H2,17,18,19,21). The number of unbranched alkanes of at least 4 members (excludes halogenated alkanes) is 1. The summed E-state index contributed by atoms with van der Waals surface area (Å²) in [6.07, 6.45) is 1.99. The molecule has 0 fully saturated rings. The third-order valence-electron chi connectivity index (χ3n) is 2.59. The Balaban J connectivity index is 2.81. The van der Waals surface area contributed by atoms with Crippen molar-refractivity contribution in [2.75, 3.05) is 6.61 Å². The van der Waals surface area contributed by atoms with Crippen LogP contribution in [-0.2, 0) is 0 Å². The van der Waals surface area contributed by atoms with E-state index in [2.05, 4.69) is 33.5 Å². The van der Waals surface area contributed by atoms with E-state index in [-0.39, 0.29) is 11.9 Å². The molecule has 6 heteroatoms. The van der Waals surface area contributed by atoms with Gasteiger partial charge in [0.15, 0.2) is 5.11 Å². The van der Waals surface area contributed by atoms with E-state index < -0.39 is 0 Å². The van der Waals surface area contributed by atoms with Gasteiger partial charge in [-0.2, -0.15) is 0 Å². The minimum absolute atomic E-state index is 0.167. The van der Waals surface area contributed by atoms with Crippen molar-refractivity contribution < 1.29 is 9.53 Å². The van der Waals surface area contributed by atoms with Crippen LogP contribution in [0.4, 0.5) is 0 Å². The second-order valence-electron chi connectivity index (χ2n) is 4.92. The lowest BCUT2D eigenvalue weighted by molar-refractivity contribution is 0.0972.